The molecule has 50 heavy (non-hydrogen) atoms. The third-order valence-electron chi connectivity index (χ3n) is 6.02. The van der Waals surface area contributed by atoms with E-state index in [2.05, 4.69) is 18.9 Å². The average molecular weight is 768 g/mol. The Hall–Kier alpha value is -4.20. The van der Waals surface area contributed by atoms with Gasteiger partial charge in [-0.3, -0.25) is 19.0 Å². The average Bonchev–Trinajstić information content (AvgIpc) is 3.04. The van der Waals surface area contributed by atoms with Crippen molar-refractivity contribution in [3.05, 3.63) is 88.7 Å². The molecular formula is C31H40F3N3O10S3. The van der Waals surface area contributed by atoms with Crippen molar-refractivity contribution >= 4 is 59.4 Å². The summed E-state index contributed by atoms with van der Waals surface area (Å²) >= 11 is 0. The van der Waals surface area contributed by atoms with Gasteiger partial charge in [0.2, 0.25) is 30.1 Å². The van der Waals surface area contributed by atoms with E-state index in [1.54, 1.807) is 20.8 Å². The zero-order valence-electron chi connectivity index (χ0n) is 27.7. The van der Waals surface area contributed by atoms with Gasteiger partial charge in [-0.2, -0.15) is 0 Å². The first kappa shape index (κ1) is 43.8. The van der Waals surface area contributed by atoms with Crippen LogP contribution in [0.4, 0.5) is 30.2 Å². The summed E-state index contributed by atoms with van der Waals surface area (Å²) in [5.74, 6) is -3.64. The van der Waals surface area contributed by atoms with E-state index in [4.69, 9.17) is 5.11 Å². The predicted octanol–water partition coefficient (Wildman–Crippen LogP) is 5.02. The third-order valence-corrected chi connectivity index (χ3v) is 10.5. The molecule has 0 radical (unpaired) electrons. The molecule has 0 aliphatic carbocycles. The van der Waals surface area contributed by atoms with Crippen LogP contribution in [0.15, 0.2) is 54.6 Å². The molecule has 13 nitrogen and oxygen atoms in total. The third kappa shape index (κ3) is 14.3. The molecular weight excluding hydrogens is 728 g/mol. The summed E-state index contributed by atoms with van der Waals surface area (Å²) in [6.07, 6.45) is 1.64. The van der Waals surface area contributed by atoms with Gasteiger partial charge >= 0.3 is 5.97 Å². The maximum Gasteiger partial charge on any atom is 0.340 e. The number of aliphatic hydroxyl groups excluding tert-OH is 1. The van der Waals surface area contributed by atoms with E-state index >= 15 is 0 Å². The molecule has 19 heteroatoms. The van der Waals surface area contributed by atoms with E-state index in [-0.39, 0.29) is 51.0 Å². The fourth-order valence-corrected chi connectivity index (χ4v) is 7.24. The molecule has 0 spiro atoms. The van der Waals surface area contributed by atoms with Crippen LogP contribution in [-0.2, 0) is 41.4 Å². The Kier molecular flexibility index (Phi) is 17.9. The molecule has 3 aromatic carbocycles. The quantitative estimate of drug-likeness (QED) is 0.120. The molecule has 0 bridgehead atoms. The largest absolute Gasteiger partial charge is 0.465 e. The lowest BCUT2D eigenvalue weighted by Crippen LogP contribution is -2.18. The second-order valence-electron chi connectivity index (χ2n) is 10.2. The maximum atomic E-state index is 13.9. The second kappa shape index (κ2) is 20.5. The molecule has 4 N–H and O–H groups in total. The number of esters is 1. The number of hydrogen-bond acceptors (Lipinski definition) is 10. The van der Waals surface area contributed by atoms with Gasteiger partial charge in [-0.15, -0.1) is 0 Å². The number of rotatable bonds is 15. The van der Waals surface area contributed by atoms with Gasteiger partial charge in [0.05, 0.1) is 59.2 Å². The first-order valence-corrected chi connectivity index (χ1v) is 19.9. The molecule has 0 aromatic heterocycles. The molecule has 0 amide bonds. The molecule has 0 saturated carbocycles. The molecule has 0 unspecified atom stereocenters. The van der Waals surface area contributed by atoms with Crippen molar-refractivity contribution in [3.8, 4) is 0 Å². The number of benzene rings is 3. The number of aliphatic hydroxyl groups is 1. The van der Waals surface area contributed by atoms with E-state index in [0.29, 0.717) is 25.5 Å². The van der Waals surface area contributed by atoms with Crippen LogP contribution in [0.5, 0.6) is 0 Å². The molecule has 0 fully saturated rings. The number of aldehydes is 1. The number of ether oxygens (including phenoxy) is 1. The molecule has 3 rings (SSSR count). The Morgan fingerprint density at radius 2 is 1.08 bits per heavy atom. The first-order chi connectivity index (χ1) is 23.4. The van der Waals surface area contributed by atoms with E-state index in [9.17, 15) is 48.0 Å². The zero-order valence-corrected chi connectivity index (χ0v) is 30.2. The Balaban J connectivity index is 0.000000376. The van der Waals surface area contributed by atoms with E-state index < -0.39 is 60.1 Å². The SMILES string of the molecule is CCCS(=O)(=O)Nc1cccc(C(=O)OC)c1F.CCCS(=O)(=O)Nc1cccc(C=O)c1F.CCCS(=O)(=O)Nc1cccc(CO)c1F. The van der Waals surface area contributed by atoms with Crippen LogP contribution in [0.1, 0.15) is 66.3 Å². The lowest BCUT2D eigenvalue weighted by Gasteiger charge is -2.09. The van der Waals surface area contributed by atoms with Crippen molar-refractivity contribution in [2.24, 2.45) is 0 Å². The van der Waals surface area contributed by atoms with Gasteiger partial charge < -0.3 is 9.84 Å². The summed E-state index contributed by atoms with van der Waals surface area (Å²) in [6.45, 7) is 4.66. The highest BCUT2D eigenvalue weighted by molar-refractivity contribution is 7.93. The minimum atomic E-state index is -3.60. The van der Waals surface area contributed by atoms with E-state index in [1.165, 1.54) is 54.6 Å². The predicted molar refractivity (Wildman–Crippen MR) is 185 cm³/mol. The standard InChI is InChI=1S/C11H14FNO4S.C10H14FNO3S.C10H12FNO3S/c1-3-7-18(15,16)13-9-6-4-5-8(10(9)12)11(14)17-2;2*1-2-6-16(14,15)12-9-5-3-4-8(7-13)10(9)11/h4-6,13H,3,7H2,1-2H3;3-5,12-13H,2,6-7H2,1H3;3-5,7,12H,2,6H2,1H3. The lowest BCUT2D eigenvalue weighted by atomic mass is 10.2. The summed E-state index contributed by atoms with van der Waals surface area (Å²) in [7, 11) is -9.52. The fraction of sp³-hybridized carbons (Fsp3) is 0.355. The van der Waals surface area contributed by atoms with Crippen LogP contribution in [0.2, 0.25) is 0 Å². The van der Waals surface area contributed by atoms with E-state index in [1.807, 2.05) is 0 Å². The van der Waals surface area contributed by atoms with E-state index in [0.717, 1.165) is 7.11 Å². The van der Waals surface area contributed by atoms with Crippen LogP contribution < -0.4 is 14.2 Å². The van der Waals surface area contributed by atoms with Crippen LogP contribution >= 0.6 is 0 Å². The fourth-order valence-electron chi connectivity index (χ4n) is 3.84. The number of halogens is 3. The van der Waals surface area contributed by atoms with Crippen LogP contribution in [0.3, 0.4) is 0 Å². The molecule has 0 atom stereocenters. The van der Waals surface area contributed by atoms with Crippen molar-refractivity contribution in [1.82, 2.24) is 0 Å². The first-order valence-electron chi connectivity index (χ1n) is 14.9. The Labute approximate surface area is 290 Å². The maximum absolute atomic E-state index is 13.9. The van der Waals surface area contributed by atoms with Crippen LogP contribution in [-0.4, -0.2) is 67.0 Å². The lowest BCUT2D eigenvalue weighted by molar-refractivity contribution is 0.0595. The molecule has 3 aromatic rings. The minimum absolute atomic E-state index is 0.0597. The van der Waals surface area contributed by atoms with Gasteiger partial charge in [-0.25, -0.2) is 43.2 Å². The number of anilines is 3. The van der Waals surface area contributed by atoms with Gasteiger partial charge in [0.25, 0.3) is 0 Å². The summed E-state index contributed by atoms with van der Waals surface area (Å²) in [4.78, 5) is 21.7. The number of carbonyl (C=O) groups is 2. The molecule has 0 saturated heterocycles. The van der Waals surface area contributed by atoms with Crippen molar-refractivity contribution in [3.63, 3.8) is 0 Å². The van der Waals surface area contributed by atoms with Crippen molar-refractivity contribution in [2.75, 3.05) is 38.5 Å². The van der Waals surface area contributed by atoms with Gasteiger partial charge in [-0.1, -0.05) is 45.0 Å². The summed E-state index contributed by atoms with van der Waals surface area (Å²) in [5, 5.41) is 8.83. The number of sulfonamides is 3. The Bertz CT molecular complexity index is 1930. The number of carbonyl (C=O) groups excluding carboxylic acids is 2. The number of hydrogen-bond donors (Lipinski definition) is 4. The Morgan fingerprint density at radius 1 is 0.680 bits per heavy atom. The Morgan fingerprint density at radius 3 is 1.48 bits per heavy atom. The second-order valence-corrected chi connectivity index (χ2v) is 15.7. The molecule has 278 valence electrons. The molecule has 0 heterocycles. The topological polar surface area (TPSA) is 202 Å². The highest BCUT2D eigenvalue weighted by Gasteiger charge is 2.19. The summed E-state index contributed by atoms with van der Waals surface area (Å²) < 4.78 is 120. The minimum Gasteiger partial charge on any atom is -0.465 e. The van der Waals surface area contributed by atoms with Crippen molar-refractivity contribution in [2.45, 2.75) is 46.6 Å². The van der Waals surface area contributed by atoms with Crippen LogP contribution in [0, 0.1) is 17.5 Å². The zero-order chi connectivity index (χ0) is 38.1. The number of nitrogens with one attached hydrogen (secondary N) is 3. The highest BCUT2D eigenvalue weighted by atomic mass is 32.2. The molecule has 0 aliphatic heterocycles. The van der Waals surface area contributed by atoms with Crippen molar-refractivity contribution in [1.29, 1.82) is 0 Å². The number of methoxy groups -OCH3 is 1. The smallest absolute Gasteiger partial charge is 0.340 e. The van der Waals surface area contributed by atoms with Gasteiger partial charge in [0, 0.05) is 5.56 Å². The molecule has 0 aliphatic rings. The normalized spacial score (nSPS) is 11.2. The van der Waals surface area contributed by atoms with Crippen LogP contribution in [0.25, 0.3) is 0 Å². The van der Waals surface area contributed by atoms with Crippen molar-refractivity contribution < 1.29 is 57.9 Å². The highest BCUT2D eigenvalue weighted by Crippen LogP contribution is 2.21. The monoisotopic (exact) mass is 767 g/mol. The van der Waals surface area contributed by atoms with Gasteiger partial charge in [0.15, 0.2) is 23.7 Å². The summed E-state index contributed by atoms with van der Waals surface area (Å²) in [6, 6.07) is 12.0. The van der Waals surface area contributed by atoms with Gasteiger partial charge in [-0.05, 0) is 49.6 Å². The van der Waals surface area contributed by atoms with Gasteiger partial charge in [0.1, 0.15) is 0 Å². The summed E-state index contributed by atoms with van der Waals surface area (Å²) in [5.41, 5.74) is -0.994.